The zero-order valence-electron chi connectivity index (χ0n) is 9.97. The highest BCUT2D eigenvalue weighted by Gasteiger charge is 2.29. The number of nitrogens with two attached hydrogens (primary N) is 1. The Hall–Kier alpha value is -1.36. The van der Waals surface area contributed by atoms with Crippen LogP contribution in [0.2, 0.25) is 0 Å². The molecule has 5 heteroatoms. The average Bonchev–Trinajstić information content (AvgIpc) is 3.23. The van der Waals surface area contributed by atoms with Crippen LogP contribution in [0.15, 0.2) is 12.4 Å². The molecule has 1 heterocycles. The van der Waals surface area contributed by atoms with Gasteiger partial charge in [0.1, 0.15) is 18.0 Å². The number of hydrogen-bond donors (Lipinski definition) is 2. The highest BCUT2D eigenvalue weighted by molar-refractivity contribution is 5.48. The van der Waals surface area contributed by atoms with E-state index in [0.717, 1.165) is 30.7 Å². The summed E-state index contributed by atoms with van der Waals surface area (Å²) in [5.74, 6) is 8.83. The Kier molecular flexibility index (Phi) is 2.84. The number of rotatable bonds is 6. The molecule has 0 bridgehead atoms. The predicted molar refractivity (Wildman–Crippen MR) is 67.5 cm³/mol. The molecule has 0 amide bonds. The van der Waals surface area contributed by atoms with Crippen LogP contribution in [0, 0.1) is 11.8 Å². The van der Waals surface area contributed by atoms with Crippen LogP contribution in [0.25, 0.3) is 0 Å². The fourth-order valence-corrected chi connectivity index (χ4v) is 2.08. The van der Waals surface area contributed by atoms with Crippen LogP contribution >= 0.6 is 0 Å². The molecule has 0 atom stereocenters. The van der Waals surface area contributed by atoms with E-state index in [1.54, 1.807) is 6.33 Å². The van der Waals surface area contributed by atoms with E-state index in [1.807, 2.05) is 6.07 Å². The molecule has 17 heavy (non-hydrogen) atoms. The first-order valence-electron chi connectivity index (χ1n) is 6.39. The molecule has 2 saturated carbocycles. The number of hydrazine groups is 1. The lowest BCUT2D eigenvalue weighted by Crippen LogP contribution is -2.29. The zero-order chi connectivity index (χ0) is 11.7. The van der Waals surface area contributed by atoms with Crippen molar-refractivity contribution in [1.82, 2.24) is 9.97 Å². The van der Waals surface area contributed by atoms with Gasteiger partial charge in [0.25, 0.3) is 0 Å². The SMILES string of the molecule is NNc1cc(N(CC2CC2)CC2CC2)ncn1. The Bertz CT molecular complexity index is 372. The van der Waals surface area contributed by atoms with Gasteiger partial charge in [0.05, 0.1) is 0 Å². The maximum Gasteiger partial charge on any atom is 0.145 e. The molecule has 2 aliphatic rings. The van der Waals surface area contributed by atoms with Crippen LogP contribution in [0.1, 0.15) is 25.7 Å². The zero-order valence-corrected chi connectivity index (χ0v) is 9.97. The van der Waals surface area contributed by atoms with E-state index in [1.165, 1.54) is 25.7 Å². The van der Waals surface area contributed by atoms with Crippen molar-refractivity contribution in [2.24, 2.45) is 17.7 Å². The van der Waals surface area contributed by atoms with Crippen LogP contribution in [-0.4, -0.2) is 23.1 Å². The highest BCUT2D eigenvalue weighted by Crippen LogP contribution is 2.35. The standard InChI is InChI=1S/C12H19N5/c13-16-11-5-12(15-8-14-11)17(6-9-1-2-9)7-10-3-4-10/h5,8-10H,1-4,6-7,13H2,(H,14,15,16). The molecule has 2 fully saturated rings. The van der Waals surface area contributed by atoms with Crippen LogP contribution in [0.3, 0.4) is 0 Å². The molecular weight excluding hydrogens is 214 g/mol. The van der Waals surface area contributed by atoms with E-state index in [9.17, 15) is 0 Å². The smallest absolute Gasteiger partial charge is 0.145 e. The van der Waals surface area contributed by atoms with Gasteiger partial charge in [-0.15, -0.1) is 0 Å². The summed E-state index contributed by atoms with van der Waals surface area (Å²) in [5.41, 5.74) is 2.58. The molecule has 0 unspecified atom stereocenters. The summed E-state index contributed by atoms with van der Waals surface area (Å²) in [5, 5.41) is 0. The first kappa shape index (κ1) is 10.8. The summed E-state index contributed by atoms with van der Waals surface area (Å²) in [7, 11) is 0. The molecule has 0 spiro atoms. The van der Waals surface area contributed by atoms with Crippen molar-refractivity contribution >= 4 is 11.6 Å². The van der Waals surface area contributed by atoms with Crippen LogP contribution < -0.4 is 16.2 Å². The maximum atomic E-state index is 5.39. The van der Waals surface area contributed by atoms with E-state index in [4.69, 9.17) is 5.84 Å². The van der Waals surface area contributed by atoms with E-state index in [2.05, 4.69) is 20.3 Å². The van der Waals surface area contributed by atoms with Crippen molar-refractivity contribution in [3.63, 3.8) is 0 Å². The van der Waals surface area contributed by atoms with Gasteiger partial charge in [-0.05, 0) is 37.5 Å². The summed E-state index contributed by atoms with van der Waals surface area (Å²) >= 11 is 0. The molecule has 3 rings (SSSR count). The molecule has 0 saturated heterocycles. The van der Waals surface area contributed by atoms with Crippen molar-refractivity contribution in [2.75, 3.05) is 23.4 Å². The fourth-order valence-electron chi connectivity index (χ4n) is 2.08. The van der Waals surface area contributed by atoms with Crippen LogP contribution in [-0.2, 0) is 0 Å². The Balaban J connectivity index is 1.73. The Morgan fingerprint density at radius 2 is 1.82 bits per heavy atom. The van der Waals surface area contributed by atoms with Crippen molar-refractivity contribution in [2.45, 2.75) is 25.7 Å². The van der Waals surface area contributed by atoms with Gasteiger partial charge in [0.2, 0.25) is 0 Å². The van der Waals surface area contributed by atoms with Gasteiger partial charge in [-0.25, -0.2) is 15.8 Å². The predicted octanol–water partition coefficient (Wildman–Crippen LogP) is 1.39. The molecule has 1 aromatic heterocycles. The molecule has 92 valence electrons. The topological polar surface area (TPSA) is 67.1 Å². The van der Waals surface area contributed by atoms with Gasteiger partial charge in [-0.2, -0.15) is 0 Å². The quantitative estimate of drug-likeness (QED) is 0.574. The van der Waals surface area contributed by atoms with Gasteiger partial charge in [-0.3, -0.25) is 0 Å². The van der Waals surface area contributed by atoms with E-state index in [0.29, 0.717) is 5.82 Å². The number of anilines is 2. The summed E-state index contributed by atoms with van der Waals surface area (Å²) < 4.78 is 0. The molecule has 1 aromatic rings. The lowest BCUT2D eigenvalue weighted by atomic mass is 10.3. The first-order valence-corrected chi connectivity index (χ1v) is 6.39. The summed E-state index contributed by atoms with van der Waals surface area (Å²) in [6.07, 6.45) is 7.06. The van der Waals surface area contributed by atoms with E-state index in [-0.39, 0.29) is 0 Å². The third kappa shape index (κ3) is 2.85. The minimum Gasteiger partial charge on any atom is -0.356 e. The number of hydrogen-bond acceptors (Lipinski definition) is 5. The van der Waals surface area contributed by atoms with Crippen LogP contribution in [0.5, 0.6) is 0 Å². The van der Waals surface area contributed by atoms with Gasteiger partial charge in [0.15, 0.2) is 0 Å². The molecule has 3 N–H and O–H groups in total. The molecule has 0 aromatic carbocycles. The minimum atomic E-state index is 0.687. The highest BCUT2D eigenvalue weighted by atomic mass is 15.3. The fraction of sp³-hybridized carbons (Fsp3) is 0.667. The minimum absolute atomic E-state index is 0.687. The Labute approximate surface area is 101 Å². The maximum absolute atomic E-state index is 5.39. The number of nitrogens with one attached hydrogen (secondary N) is 1. The number of nitrogen functional groups attached to an aromatic ring is 1. The Morgan fingerprint density at radius 3 is 2.35 bits per heavy atom. The molecule has 5 nitrogen and oxygen atoms in total. The first-order chi connectivity index (χ1) is 8.35. The molecular formula is C12H19N5. The number of nitrogens with zero attached hydrogens (tertiary/aromatic N) is 3. The van der Waals surface area contributed by atoms with Crippen LogP contribution in [0.4, 0.5) is 11.6 Å². The summed E-state index contributed by atoms with van der Waals surface area (Å²) in [4.78, 5) is 10.8. The lowest BCUT2D eigenvalue weighted by molar-refractivity contribution is 0.670. The van der Waals surface area contributed by atoms with Gasteiger partial charge in [-0.1, -0.05) is 0 Å². The third-order valence-electron chi connectivity index (χ3n) is 3.48. The third-order valence-corrected chi connectivity index (χ3v) is 3.48. The second-order valence-electron chi connectivity index (χ2n) is 5.20. The van der Waals surface area contributed by atoms with E-state index >= 15 is 0 Å². The van der Waals surface area contributed by atoms with Gasteiger partial charge in [0, 0.05) is 19.2 Å². The second kappa shape index (κ2) is 4.49. The normalized spacial score (nSPS) is 19.1. The van der Waals surface area contributed by atoms with Gasteiger partial charge >= 0.3 is 0 Å². The Morgan fingerprint density at radius 1 is 1.18 bits per heavy atom. The molecule has 2 aliphatic carbocycles. The monoisotopic (exact) mass is 233 g/mol. The van der Waals surface area contributed by atoms with E-state index < -0.39 is 0 Å². The number of aromatic nitrogens is 2. The van der Waals surface area contributed by atoms with Crippen molar-refractivity contribution in [3.8, 4) is 0 Å². The largest absolute Gasteiger partial charge is 0.356 e. The van der Waals surface area contributed by atoms with Gasteiger partial charge < -0.3 is 10.3 Å². The van der Waals surface area contributed by atoms with Crippen molar-refractivity contribution in [1.29, 1.82) is 0 Å². The second-order valence-corrected chi connectivity index (χ2v) is 5.20. The summed E-state index contributed by atoms with van der Waals surface area (Å²) in [6.45, 7) is 2.27. The van der Waals surface area contributed by atoms with Crippen molar-refractivity contribution in [3.05, 3.63) is 12.4 Å². The van der Waals surface area contributed by atoms with Crippen molar-refractivity contribution < 1.29 is 0 Å². The lowest BCUT2D eigenvalue weighted by Gasteiger charge is -2.23. The average molecular weight is 233 g/mol. The molecule has 0 aliphatic heterocycles. The molecule has 0 radical (unpaired) electrons. The summed E-state index contributed by atoms with van der Waals surface area (Å²) in [6, 6.07) is 1.94.